The number of hydrogen-bond acceptors (Lipinski definition) is 33. The van der Waals surface area contributed by atoms with Gasteiger partial charge in [-0.2, -0.15) is 0 Å². The molecule has 560 valence electrons. The summed E-state index contributed by atoms with van der Waals surface area (Å²) < 4.78 is 52.9. The number of carbonyl (C=O) groups is 6. The van der Waals surface area contributed by atoms with Crippen LogP contribution in [0.4, 0.5) is 0 Å². The third-order valence-corrected chi connectivity index (χ3v) is 18.7. The van der Waals surface area contributed by atoms with Crippen molar-refractivity contribution in [1.29, 1.82) is 0 Å². The normalized spacial score (nSPS) is 36.0. The Labute approximate surface area is 581 Å². The molecule has 0 aliphatic carbocycles. The molecule has 7 aliphatic rings. The van der Waals surface area contributed by atoms with E-state index in [-0.39, 0.29) is 23.8 Å². The molecule has 7 aliphatic heterocycles. The quantitative estimate of drug-likeness (QED) is 0.0499. The van der Waals surface area contributed by atoms with Gasteiger partial charge in [0.2, 0.25) is 41.7 Å². The van der Waals surface area contributed by atoms with Crippen molar-refractivity contribution in [1.82, 2.24) is 42.1 Å². The van der Waals surface area contributed by atoms with Crippen molar-refractivity contribution < 1.29 is 133 Å². The number of nitrogens with two attached hydrogens (primary N) is 2. The van der Waals surface area contributed by atoms with Crippen LogP contribution in [-0.2, 0) is 63.6 Å². The summed E-state index contributed by atoms with van der Waals surface area (Å²) in [5.41, 5.74) is 13.3. The Morgan fingerprint density at radius 1 is 0.569 bits per heavy atom. The molecule has 102 heavy (non-hydrogen) atoms. The molecule has 26 unspecified atom stereocenters. The van der Waals surface area contributed by atoms with E-state index < -0.39 is 246 Å². The molecule has 0 spiro atoms. The Bertz CT molecular complexity index is 3460. The number of benzene rings is 3. The van der Waals surface area contributed by atoms with E-state index in [1.54, 1.807) is 55.5 Å². The Hall–Kier alpha value is -8.30. The Morgan fingerprint density at radius 3 is 1.81 bits per heavy atom. The molecule has 6 amide bonds. The van der Waals surface area contributed by atoms with Crippen molar-refractivity contribution >= 4 is 47.4 Å². The van der Waals surface area contributed by atoms with E-state index in [9.17, 15) is 80.5 Å². The van der Waals surface area contributed by atoms with Crippen LogP contribution in [0.5, 0.6) is 17.2 Å². The maximum atomic E-state index is 15.2. The number of ether oxygens (including phenoxy) is 9. The number of carbonyl (C=O) groups excluding carboxylic acids is 6. The minimum atomic E-state index is -2.35. The van der Waals surface area contributed by atoms with E-state index in [2.05, 4.69) is 47.2 Å². The molecule has 0 bridgehead atoms. The third kappa shape index (κ3) is 16.7. The highest BCUT2D eigenvalue weighted by Crippen LogP contribution is 2.43. The van der Waals surface area contributed by atoms with Crippen LogP contribution < -0.4 is 62.9 Å². The summed E-state index contributed by atoms with van der Waals surface area (Å²) in [5.74, 6) is -8.18. The largest absolute Gasteiger partial charge is 0.497 e. The highest BCUT2D eigenvalue weighted by Gasteiger charge is 2.57. The van der Waals surface area contributed by atoms with Gasteiger partial charge < -0.3 is 157 Å². The molecule has 7 heterocycles. The molecule has 39 nitrogen and oxygen atoms in total. The molecule has 5 saturated heterocycles. The maximum Gasteiger partial charge on any atom is 0.246 e. The number of aliphatic hydroxyl groups excluding tert-OH is 12. The number of amides is 6. The third-order valence-electron chi connectivity index (χ3n) is 18.7. The van der Waals surface area contributed by atoms with Crippen molar-refractivity contribution in [2.45, 2.75) is 172 Å². The highest BCUT2D eigenvalue weighted by atomic mass is 16.8. The van der Waals surface area contributed by atoms with Crippen LogP contribution in [0.1, 0.15) is 35.8 Å². The first-order valence-corrected chi connectivity index (χ1v) is 32.6. The molecule has 0 saturated carbocycles. The summed E-state index contributed by atoms with van der Waals surface area (Å²) >= 11 is 0. The molecular formula is C63H86N12O27. The molecule has 23 N–H and O–H groups in total. The lowest BCUT2D eigenvalue weighted by molar-refractivity contribution is -0.343. The van der Waals surface area contributed by atoms with Crippen molar-refractivity contribution in [3.8, 4) is 17.2 Å². The average Bonchev–Trinajstić information content (AvgIpc) is 1.53. The fourth-order valence-corrected chi connectivity index (χ4v) is 12.9. The zero-order valence-electron chi connectivity index (χ0n) is 55.1. The van der Waals surface area contributed by atoms with Gasteiger partial charge in [-0.05, 0) is 35.4 Å². The van der Waals surface area contributed by atoms with Crippen LogP contribution in [0, 0.1) is 0 Å². The van der Waals surface area contributed by atoms with Crippen molar-refractivity contribution in [2.24, 2.45) is 21.5 Å². The molecule has 0 aromatic heterocycles. The van der Waals surface area contributed by atoms with Crippen LogP contribution in [0.2, 0.25) is 0 Å². The van der Waals surface area contributed by atoms with Gasteiger partial charge in [0.1, 0.15) is 133 Å². The predicted octanol–water partition coefficient (Wildman–Crippen LogP) is -10.8. The van der Waals surface area contributed by atoms with Crippen molar-refractivity contribution in [3.05, 3.63) is 89.5 Å². The minimum absolute atomic E-state index is 0.0505. The number of methoxy groups -OCH3 is 2. The van der Waals surface area contributed by atoms with Crippen LogP contribution in [0.25, 0.3) is 0 Å². The lowest BCUT2D eigenvalue weighted by atomic mass is 9.92. The number of aliphatic imine (C=N–C) groups is 2. The first kappa shape index (κ1) is 76.3. The summed E-state index contributed by atoms with van der Waals surface area (Å²) in [7, 11) is 2.88. The van der Waals surface area contributed by atoms with Gasteiger partial charge in [-0.1, -0.05) is 49.4 Å². The Morgan fingerprint density at radius 2 is 1.18 bits per heavy atom. The molecule has 26 atom stereocenters. The van der Waals surface area contributed by atoms with Gasteiger partial charge in [-0.25, -0.2) is 0 Å². The fraction of sp³-hybridized carbons (Fsp3) is 0.587. The van der Waals surface area contributed by atoms with Gasteiger partial charge in [0.05, 0.1) is 72.4 Å². The Balaban J connectivity index is 0.920. The first-order chi connectivity index (χ1) is 48.8. The molecule has 39 heteroatoms. The SMILES string of the molecule is COc1cc(OC)cc(C2OC3C(OC4C(CO)OC(Oc5ccc(CC6NC(=O)C(C(C)c7ccccc7)NC(=O)CNC(=O)C(CO)NC(=O)C(C(O)C7CN=C(N)N7C7OC(CO)C(O)C(O)C7O)NC(=O)C(C(O)C7CN=C(N)N7)NC6=O)cc5)C(O)C4O)OC(CO)C(O)C3O2)c1. The highest BCUT2D eigenvalue weighted by molar-refractivity contribution is 5.98. The summed E-state index contributed by atoms with van der Waals surface area (Å²) in [6.07, 6.45) is -30.6. The average molecular weight is 1440 g/mol. The van der Waals surface area contributed by atoms with Crippen LogP contribution in [0.15, 0.2) is 82.8 Å². The fourth-order valence-electron chi connectivity index (χ4n) is 12.9. The van der Waals surface area contributed by atoms with Gasteiger partial charge in [-0.3, -0.25) is 38.8 Å². The van der Waals surface area contributed by atoms with Gasteiger partial charge >= 0.3 is 0 Å². The lowest BCUT2D eigenvalue weighted by Crippen LogP contribution is -2.70. The van der Waals surface area contributed by atoms with Gasteiger partial charge in [0, 0.05) is 24.0 Å². The summed E-state index contributed by atoms with van der Waals surface area (Å²) in [5, 5.41) is 150. The van der Waals surface area contributed by atoms with Crippen molar-refractivity contribution in [2.75, 3.05) is 60.3 Å². The molecule has 3 aromatic carbocycles. The summed E-state index contributed by atoms with van der Waals surface area (Å²) in [4.78, 5) is 96.7. The number of aliphatic hydroxyl groups is 12. The van der Waals surface area contributed by atoms with Gasteiger partial charge in [0.15, 0.2) is 30.7 Å². The van der Waals surface area contributed by atoms with Crippen LogP contribution in [-0.4, -0.2) is 320 Å². The van der Waals surface area contributed by atoms with E-state index in [0.29, 0.717) is 22.6 Å². The van der Waals surface area contributed by atoms with E-state index in [0.717, 1.165) is 4.90 Å². The maximum absolute atomic E-state index is 15.2. The smallest absolute Gasteiger partial charge is 0.246 e. The number of guanidine groups is 2. The summed E-state index contributed by atoms with van der Waals surface area (Å²) in [6.45, 7) is -3.82. The standard InChI is InChI=1S/C63H86N12O27/c1-24(26-7-5-4-6-8-26)39-55(91)69-31(13-25-9-11-28(12-10-25)96-60-49(88)47(86)50(37(23-79)99-60)100-61-52-51(45(84)36(22-78)98-61)101-59(102-52)27-14-29(94-2)16-30(15-27)95-3)54(90)73-40(42(81)32-17-67-62(64)71-32)57(93)74-41(56(92)70-33(20-76)53(89)66-19-38(80)72-39)43(82)34-18-68-63(65)75(34)58-48(87)46(85)44(83)35(21-77)97-58/h4-12,14-16,24,31-37,39-52,58-61,76-79,81-88H,13,17-23H2,1-3H3,(H2,65,68)(H,66,89)(H,69,91)(H,70,92)(H,72,80)(H,73,90)(H,74,93)(H3,64,67,71). The van der Waals surface area contributed by atoms with E-state index >= 15 is 9.59 Å². The molecule has 10 rings (SSSR count). The first-order valence-electron chi connectivity index (χ1n) is 32.6. The number of rotatable bonds is 20. The number of hydrogen-bond donors (Lipinski definition) is 21. The monoisotopic (exact) mass is 1440 g/mol. The second-order valence-electron chi connectivity index (χ2n) is 25.3. The van der Waals surface area contributed by atoms with E-state index in [4.69, 9.17) is 54.1 Å². The molecule has 5 fully saturated rings. The topological polar surface area (TPSA) is 592 Å². The van der Waals surface area contributed by atoms with Crippen LogP contribution >= 0.6 is 0 Å². The zero-order valence-corrected chi connectivity index (χ0v) is 55.1. The van der Waals surface area contributed by atoms with Gasteiger partial charge in [-0.15, -0.1) is 0 Å². The van der Waals surface area contributed by atoms with Crippen molar-refractivity contribution in [3.63, 3.8) is 0 Å². The van der Waals surface area contributed by atoms with E-state index in [1.165, 1.54) is 38.5 Å². The second kappa shape index (κ2) is 33.4. The Kier molecular flexibility index (Phi) is 25.0. The van der Waals surface area contributed by atoms with Crippen LogP contribution in [0.3, 0.4) is 0 Å². The van der Waals surface area contributed by atoms with E-state index in [1.807, 2.05) is 0 Å². The summed E-state index contributed by atoms with van der Waals surface area (Å²) in [6, 6.07) is 5.78. The zero-order chi connectivity index (χ0) is 73.5. The molecular weight excluding hydrogens is 1360 g/mol. The minimum Gasteiger partial charge on any atom is -0.497 e. The predicted molar refractivity (Wildman–Crippen MR) is 343 cm³/mol. The molecule has 3 aromatic rings. The number of nitrogens with zero attached hydrogens (tertiary/aromatic N) is 3. The number of nitrogens with one attached hydrogen (secondary N) is 7. The van der Waals surface area contributed by atoms with Gasteiger partial charge in [0.25, 0.3) is 0 Å². The lowest BCUT2D eigenvalue weighted by Gasteiger charge is -2.46. The molecule has 0 radical (unpaired) electrons. The second-order valence-corrected chi connectivity index (χ2v) is 25.3. The number of fused-ring (bicyclic) bond motifs is 1.